The number of fused-ring (bicyclic) bond motifs is 1. The molecule has 3 rings (SSSR count). The first-order chi connectivity index (χ1) is 13.6. The number of pyridine rings is 1. The molecule has 0 spiro atoms. The largest absolute Gasteiger partial charge is 0.397 e. The molecule has 1 aromatic heterocycles. The molecule has 2 heterocycles. The summed E-state index contributed by atoms with van der Waals surface area (Å²) in [5.74, 6) is -7.75. The molecule has 0 radical (unpaired) electrons. The summed E-state index contributed by atoms with van der Waals surface area (Å²) in [6.07, 6.45) is -4.44. The van der Waals surface area contributed by atoms with Crippen LogP contribution in [0, 0.1) is 23.4 Å². The van der Waals surface area contributed by atoms with E-state index in [0.717, 1.165) is 0 Å². The molecule has 10 heteroatoms. The number of carbonyl (C=O) groups is 1. The molecule has 2 aromatic rings. The number of halogens is 6. The Labute approximate surface area is 161 Å². The van der Waals surface area contributed by atoms with Gasteiger partial charge in [-0.15, -0.1) is 0 Å². The third-order valence-corrected chi connectivity index (χ3v) is 4.63. The molecule has 0 fully saturated rings. The molecular formula is C19H15F6N3O. The van der Waals surface area contributed by atoms with Crippen LogP contribution in [0.4, 0.5) is 37.8 Å². The van der Waals surface area contributed by atoms with Crippen molar-refractivity contribution in [3.8, 4) is 0 Å². The Balaban J connectivity index is 2.41. The van der Waals surface area contributed by atoms with Gasteiger partial charge in [-0.2, -0.15) is 13.2 Å². The first-order valence-corrected chi connectivity index (χ1v) is 8.54. The first-order valence-electron chi connectivity index (χ1n) is 8.54. The number of hydrogen-bond donors (Lipinski definition) is 1. The minimum absolute atomic E-state index is 0.195. The van der Waals surface area contributed by atoms with Crippen LogP contribution in [-0.4, -0.2) is 17.1 Å². The Bertz CT molecular complexity index is 979. The molecule has 0 aliphatic carbocycles. The minimum atomic E-state index is -4.84. The number of alkyl halides is 3. The van der Waals surface area contributed by atoms with Gasteiger partial charge >= 0.3 is 6.18 Å². The van der Waals surface area contributed by atoms with Crippen molar-refractivity contribution in [3.05, 3.63) is 64.7 Å². The average Bonchev–Trinajstić information content (AvgIpc) is 2.60. The van der Waals surface area contributed by atoms with Gasteiger partial charge in [0.05, 0.1) is 5.92 Å². The highest BCUT2D eigenvalue weighted by Crippen LogP contribution is 2.47. The lowest BCUT2D eigenvalue weighted by Crippen LogP contribution is -2.39. The van der Waals surface area contributed by atoms with Gasteiger partial charge in [-0.3, -0.25) is 9.69 Å². The zero-order valence-corrected chi connectivity index (χ0v) is 15.0. The van der Waals surface area contributed by atoms with Crippen molar-refractivity contribution >= 4 is 17.4 Å². The van der Waals surface area contributed by atoms with E-state index in [2.05, 4.69) is 4.98 Å². The van der Waals surface area contributed by atoms with E-state index < -0.39 is 58.8 Å². The van der Waals surface area contributed by atoms with Crippen LogP contribution in [0.15, 0.2) is 41.7 Å². The Morgan fingerprint density at radius 1 is 1.24 bits per heavy atom. The molecule has 1 aliphatic heterocycles. The van der Waals surface area contributed by atoms with Crippen molar-refractivity contribution in [1.29, 1.82) is 0 Å². The molecule has 1 atom stereocenters. The van der Waals surface area contributed by atoms with E-state index in [-0.39, 0.29) is 17.8 Å². The lowest BCUT2D eigenvalue weighted by atomic mass is 9.88. The maximum Gasteiger partial charge on any atom is 0.397 e. The van der Waals surface area contributed by atoms with Gasteiger partial charge in [0.1, 0.15) is 17.3 Å². The fourth-order valence-corrected chi connectivity index (χ4v) is 3.43. The summed E-state index contributed by atoms with van der Waals surface area (Å²) in [6.45, 7) is 1.22. The number of nitrogens with zero attached hydrogens (tertiary/aromatic N) is 2. The Morgan fingerprint density at radius 2 is 1.86 bits per heavy atom. The minimum Gasteiger partial charge on any atom is -0.366 e. The van der Waals surface area contributed by atoms with Crippen LogP contribution in [0.5, 0.6) is 0 Å². The summed E-state index contributed by atoms with van der Waals surface area (Å²) in [4.78, 5) is 16.6. The standard InChI is InChI=1S/C19H15F6N3O/c1-2-12(19(23,24)25)15-11(17(26)29)6-9-4-3-5-27-18(9)28(15)16-13(21)7-10(20)8-14(16)22/h3-5,7-8,12H,2,6H2,1H3,(H2,26,29)/t12-/m1/s1. The normalized spacial score (nSPS) is 15.3. The Morgan fingerprint density at radius 3 is 2.38 bits per heavy atom. The van der Waals surface area contributed by atoms with Gasteiger partial charge in [0.15, 0.2) is 11.6 Å². The van der Waals surface area contributed by atoms with Gasteiger partial charge in [-0.05, 0) is 12.5 Å². The van der Waals surface area contributed by atoms with Gasteiger partial charge in [-0.25, -0.2) is 18.2 Å². The SMILES string of the molecule is CC[C@H](C1=C(C(N)=O)Cc2cccnc2N1c1c(F)cc(F)cc1F)C(F)(F)F. The van der Waals surface area contributed by atoms with E-state index in [1.54, 1.807) is 0 Å². The lowest BCUT2D eigenvalue weighted by molar-refractivity contribution is -0.165. The molecule has 1 amide bonds. The van der Waals surface area contributed by atoms with Crippen molar-refractivity contribution < 1.29 is 31.1 Å². The molecule has 2 N–H and O–H groups in total. The number of carbonyl (C=O) groups excluding carboxylic acids is 1. The number of amides is 1. The maximum absolute atomic E-state index is 14.6. The van der Waals surface area contributed by atoms with Crippen LogP contribution >= 0.6 is 0 Å². The number of aromatic nitrogens is 1. The van der Waals surface area contributed by atoms with E-state index in [4.69, 9.17) is 5.73 Å². The second-order valence-electron chi connectivity index (χ2n) is 6.45. The summed E-state index contributed by atoms with van der Waals surface area (Å²) in [5.41, 5.74) is 3.44. The van der Waals surface area contributed by atoms with Crippen LogP contribution in [0.3, 0.4) is 0 Å². The summed E-state index contributed by atoms with van der Waals surface area (Å²) in [7, 11) is 0. The van der Waals surface area contributed by atoms with Gasteiger partial charge in [0.2, 0.25) is 5.91 Å². The number of primary amides is 1. The van der Waals surface area contributed by atoms with Crippen molar-refractivity contribution in [2.45, 2.75) is 25.9 Å². The number of nitrogens with two attached hydrogens (primary N) is 1. The van der Waals surface area contributed by atoms with E-state index >= 15 is 0 Å². The first kappa shape index (κ1) is 20.7. The number of anilines is 2. The number of hydrogen-bond acceptors (Lipinski definition) is 3. The van der Waals surface area contributed by atoms with E-state index in [9.17, 15) is 31.1 Å². The number of allylic oxidation sites excluding steroid dienone is 1. The van der Waals surface area contributed by atoms with Gasteiger partial charge < -0.3 is 5.73 Å². The van der Waals surface area contributed by atoms with Crippen molar-refractivity contribution in [2.75, 3.05) is 4.90 Å². The topological polar surface area (TPSA) is 59.2 Å². The third kappa shape index (κ3) is 3.66. The predicted octanol–water partition coefficient (Wildman–Crippen LogP) is 4.52. The molecule has 1 aromatic carbocycles. The summed E-state index contributed by atoms with van der Waals surface area (Å²) in [5, 5.41) is 0. The highest BCUT2D eigenvalue weighted by atomic mass is 19.4. The fraction of sp³-hybridized carbons (Fsp3) is 0.263. The fourth-order valence-electron chi connectivity index (χ4n) is 3.43. The highest BCUT2D eigenvalue weighted by Gasteiger charge is 2.47. The van der Waals surface area contributed by atoms with Crippen LogP contribution in [-0.2, 0) is 11.2 Å². The van der Waals surface area contributed by atoms with Crippen LogP contribution in [0.1, 0.15) is 18.9 Å². The van der Waals surface area contributed by atoms with E-state index in [1.807, 2.05) is 0 Å². The average molecular weight is 415 g/mol. The van der Waals surface area contributed by atoms with E-state index in [1.165, 1.54) is 25.3 Å². The van der Waals surface area contributed by atoms with Crippen molar-refractivity contribution in [1.82, 2.24) is 4.98 Å². The maximum atomic E-state index is 14.6. The molecule has 1 aliphatic rings. The number of benzene rings is 1. The Hall–Kier alpha value is -3.04. The zero-order valence-electron chi connectivity index (χ0n) is 15.0. The molecule has 0 saturated carbocycles. The molecule has 0 saturated heterocycles. The van der Waals surface area contributed by atoms with Gasteiger partial charge in [-0.1, -0.05) is 13.0 Å². The molecule has 0 unspecified atom stereocenters. The predicted molar refractivity (Wildman–Crippen MR) is 92.5 cm³/mol. The second kappa shape index (κ2) is 7.41. The van der Waals surface area contributed by atoms with Crippen molar-refractivity contribution in [3.63, 3.8) is 0 Å². The van der Waals surface area contributed by atoms with Crippen molar-refractivity contribution in [2.24, 2.45) is 11.7 Å². The molecule has 4 nitrogen and oxygen atoms in total. The van der Waals surface area contributed by atoms with Crippen LogP contribution < -0.4 is 10.6 Å². The van der Waals surface area contributed by atoms with Gasteiger partial charge in [0, 0.05) is 41.6 Å². The second-order valence-corrected chi connectivity index (χ2v) is 6.45. The van der Waals surface area contributed by atoms with Crippen LogP contribution in [0.25, 0.3) is 0 Å². The lowest BCUT2D eigenvalue weighted by Gasteiger charge is -2.38. The van der Waals surface area contributed by atoms with Gasteiger partial charge in [0.25, 0.3) is 0 Å². The summed E-state index contributed by atoms with van der Waals surface area (Å²) in [6, 6.07) is 3.58. The van der Waals surface area contributed by atoms with Crippen LogP contribution in [0.2, 0.25) is 0 Å². The highest BCUT2D eigenvalue weighted by molar-refractivity contribution is 5.96. The monoisotopic (exact) mass is 415 g/mol. The summed E-state index contributed by atoms with van der Waals surface area (Å²) >= 11 is 0. The number of rotatable bonds is 4. The smallest absolute Gasteiger partial charge is 0.366 e. The quantitative estimate of drug-likeness (QED) is 0.747. The molecular weight excluding hydrogens is 400 g/mol. The molecule has 29 heavy (non-hydrogen) atoms. The zero-order chi connectivity index (χ0) is 21.5. The Kier molecular flexibility index (Phi) is 5.29. The van der Waals surface area contributed by atoms with E-state index in [0.29, 0.717) is 17.0 Å². The molecule has 0 bridgehead atoms. The summed E-state index contributed by atoms with van der Waals surface area (Å²) < 4.78 is 84.0. The third-order valence-electron chi connectivity index (χ3n) is 4.63. The molecule has 154 valence electrons.